The Hall–Kier alpha value is -2.96. The first-order valence-corrected chi connectivity index (χ1v) is 12.6. The van der Waals surface area contributed by atoms with Gasteiger partial charge in [-0.25, -0.2) is 20.4 Å². The highest BCUT2D eigenvalue weighted by atomic mass is 19.4. The van der Waals surface area contributed by atoms with Crippen LogP contribution in [0.4, 0.5) is 24.8 Å². The molecule has 0 bridgehead atoms. The van der Waals surface area contributed by atoms with E-state index < -0.39 is 11.9 Å². The minimum atomic E-state index is -4.63. The number of likely N-dealkylation sites (tertiary alicyclic amines) is 1. The van der Waals surface area contributed by atoms with Crippen molar-refractivity contribution in [1.29, 1.82) is 0 Å². The van der Waals surface area contributed by atoms with Gasteiger partial charge in [-0.3, -0.25) is 4.79 Å². The van der Waals surface area contributed by atoms with Crippen LogP contribution >= 0.6 is 0 Å². The number of methoxy groups -OCH3 is 1. The van der Waals surface area contributed by atoms with Gasteiger partial charge in [0.1, 0.15) is 17.1 Å². The maximum Gasteiger partial charge on any atom is 0.433 e. The number of hydrogen-bond donors (Lipinski definition) is 3. The van der Waals surface area contributed by atoms with Gasteiger partial charge in [0.15, 0.2) is 0 Å². The molecule has 9 nitrogen and oxygen atoms in total. The van der Waals surface area contributed by atoms with Gasteiger partial charge in [0.05, 0.1) is 7.11 Å². The molecule has 4 N–H and O–H groups in total. The molecule has 1 aromatic heterocycles. The van der Waals surface area contributed by atoms with Crippen LogP contribution in [0.3, 0.4) is 0 Å². The number of carbonyl (C=O) groups excluding carboxylic acids is 1. The van der Waals surface area contributed by atoms with E-state index in [0.717, 1.165) is 63.9 Å². The lowest BCUT2D eigenvalue weighted by Crippen LogP contribution is -2.53. The molecule has 2 aliphatic rings. The number of ether oxygens (including phenoxy) is 1. The first kappa shape index (κ1) is 27.1. The summed E-state index contributed by atoms with van der Waals surface area (Å²) in [6, 6.07) is 5.32. The van der Waals surface area contributed by atoms with E-state index in [1.807, 2.05) is 0 Å². The number of anilines is 2. The molecule has 12 heteroatoms. The molecule has 1 saturated heterocycles. The number of hydrogen-bond acceptors (Lipinski definition) is 8. The van der Waals surface area contributed by atoms with E-state index in [4.69, 9.17) is 10.5 Å². The molecule has 4 rings (SSSR count). The molecule has 2 atom stereocenters. The van der Waals surface area contributed by atoms with E-state index in [1.54, 1.807) is 18.2 Å². The number of nitrogens with two attached hydrogens (primary N) is 1. The van der Waals surface area contributed by atoms with E-state index in [9.17, 15) is 18.0 Å². The molecule has 0 spiro atoms. The Morgan fingerprint density at radius 2 is 1.89 bits per heavy atom. The topological polar surface area (TPSA) is 109 Å². The highest BCUT2D eigenvalue weighted by molar-refractivity contribution is 5.95. The van der Waals surface area contributed by atoms with Gasteiger partial charge in [0.25, 0.3) is 5.91 Å². The fraction of sp³-hybridized carbons (Fsp3) is 0.560. The molecule has 2 fully saturated rings. The number of carbonyl (C=O) groups is 1. The van der Waals surface area contributed by atoms with Crippen LogP contribution in [0.25, 0.3) is 0 Å². The summed E-state index contributed by atoms with van der Waals surface area (Å²) in [5.41, 5.74) is 9.25. The van der Waals surface area contributed by atoms with Gasteiger partial charge in [0.2, 0.25) is 5.95 Å². The molecule has 1 saturated carbocycles. The average Bonchev–Trinajstić information content (AvgIpc) is 2.89. The van der Waals surface area contributed by atoms with E-state index in [0.29, 0.717) is 11.3 Å². The Labute approximate surface area is 214 Å². The number of halogens is 3. The SMILES string of the molecule is COc1cc(C(=O)NC2CCN(C)CC2)ccc1N(N[C@@H]1CCCC[C@H]1N)c1nccc(C(F)(F)F)n1. The van der Waals surface area contributed by atoms with Crippen molar-refractivity contribution >= 4 is 17.5 Å². The van der Waals surface area contributed by atoms with E-state index in [2.05, 4.69) is 32.7 Å². The number of benzene rings is 1. The van der Waals surface area contributed by atoms with Crippen molar-refractivity contribution in [2.24, 2.45) is 5.73 Å². The lowest BCUT2D eigenvalue weighted by atomic mass is 9.91. The van der Waals surface area contributed by atoms with Crippen molar-refractivity contribution in [3.63, 3.8) is 0 Å². The third-order valence-corrected chi connectivity index (χ3v) is 6.98. The largest absolute Gasteiger partial charge is 0.494 e. The first-order valence-electron chi connectivity index (χ1n) is 12.6. The number of piperidine rings is 1. The van der Waals surface area contributed by atoms with Crippen molar-refractivity contribution in [2.75, 3.05) is 32.3 Å². The number of nitrogens with one attached hydrogen (secondary N) is 2. The molecule has 37 heavy (non-hydrogen) atoms. The molecule has 202 valence electrons. The number of hydrazine groups is 1. The second-order valence-corrected chi connectivity index (χ2v) is 9.70. The Morgan fingerprint density at radius 1 is 1.16 bits per heavy atom. The molecule has 2 heterocycles. The molecule has 1 aliphatic carbocycles. The molecular formula is C25H34F3N7O2. The molecule has 1 amide bonds. The van der Waals surface area contributed by atoms with Crippen LogP contribution in [0.2, 0.25) is 0 Å². The summed E-state index contributed by atoms with van der Waals surface area (Å²) in [5.74, 6) is -0.146. The number of nitrogens with zero attached hydrogens (tertiary/aromatic N) is 4. The molecule has 0 unspecified atom stereocenters. The predicted octanol–water partition coefficient (Wildman–Crippen LogP) is 3.24. The number of alkyl halides is 3. The summed E-state index contributed by atoms with van der Waals surface area (Å²) < 4.78 is 45.9. The van der Waals surface area contributed by atoms with Crippen molar-refractivity contribution in [3.05, 3.63) is 41.7 Å². The van der Waals surface area contributed by atoms with Gasteiger partial charge < -0.3 is 20.7 Å². The van der Waals surface area contributed by atoms with E-state index in [-0.39, 0.29) is 35.7 Å². The minimum Gasteiger partial charge on any atom is -0.494 e. The van der Waals surface area contributed by atoms with Gasteiger partial charge >= 0.3 is 6.18 Å². The standard InChI is InChI=1S/C25H34F3N7O2/c1-34-13-10-17(11-14-34)31-23(36)16-7-8-20(21(15-16)37-2)35(33-19-6-4-3-5-18(19)29)24-30-12-9-22(32-24)25(26,27)28/h7-9,12,15,17-19,33H,3-6,10-11,13-14,29H2,1-2H3,(H,31,36)/t18-,19-/m1/s1. The van der Waals surface area contributed by atoms with E-state index in [1.165, 1.54) is 12.1 Å². The predicted molar refractivity (Wildman–Crippen MR) is 134 cm³/mol. The van der Waals surface area contributed by atoms with Crippen LogP contribution in [0, 0.1) is 0 Å². The van der Waals surface area contributed by atoms with Crippen LogP contribution in [-0.2, 0) is 6.18 Å². The van der Waals surface area contributed by atoms with Crippen LogP contribution in [-0.4, -0.2) is 66.1 Å². The quantitative estimate of drug-likeness (QED) is 0.477. The monoisotopic (exact) mass is 521 g/mol. The van der Waals surface area contributed by atoms with Crippen molar-refractivity contribution < 1.29 is 22.7 Å². The average molecular weight is 522 g/mol. The molecule has 0 radical (unpaired) electrons. The number of aromatic nitrogens is 2. The zero-order valence-electron chi connectivity index (χ0n) is 21.1. The molecular weight excluding hydrogens is 487 g/mol. The van der Waals surface area contributed by atoms with Gasteiger partial charge in [-0.05, 0) is 70.1 Å². The van der Waals surface area contributed by atoms with Crippen LogP contribution in [0.1, 0.15) is 54.6 Å². The second kappa shape index (κ2) is 11.6. The summed E-state index contributed by atoms with van der Waals surface area (Å²) in [7, 11) is 3.49. The highest BCUT2D eigenvalue weighted by Gasteiger charge is 2.34. The fourth-order valence-electron chi connectivity index (χ4n) is 4.76. The van der Waals surface area contributed by atoms with Gasteiger partial charge in [-0.15, -0.1) is 0 Å². The maximum absolute atomic E-state index is 13.4. The first-order chi connectivity index (χ1) is 17.7. The molecule has 1 aliphatic heterocycles. The Balaban J connectivity index is 1.64. The molecule has 2 aromatic rings. The van der Waals surface area contributed by atoms with Gasteiger partial charge in [0, 0.05) is 29.9 Å². The van der Waals surface area contributed by atoms with Crippen molar-refractivity contribution in [1.82, 2.24) is 25.6 Å². The smallest absolute Gasteiger partial charge is 0.433 e. The zero-order chi connectivity index (χ0) is 26.6. The normalized spacial score (nSPS) is 21.5. The van der Waals surface area contributed by atoms with Crippen molar-refractivity contribution in [2.45, 2.75) is 62.8 Å². The van der Waals surface area contributed by atoms with Gasteiger partial charge in [-0.1, -0.05) is 12.8 Å². The second-order valence-electron chi connectivity index (χ2n) is 9.70. The summed E-state index contributed by atoms with van der Waals surface area (Å²) >= 11 is 0. The Morgan fingerprint density at radius 3 is 2.57 bits per heavy atom. The van der Waals surface area contributed by atoms with Crippen molar-refractivity contribution in [3.8, 4) is 5.75 Å². The summed E-state index contributed by atoms with van der Waals surface area (Å²) in [4.78, 5) is 23.1. The lowest BCUT2D eigenvalue weighted by molar-refractivity contribution is -0.141. The Kier molecular flexibility index (Phi) is 8.50. The van der Waals surface area contributed by atoms with Crippen LogP contribution < -0.4 is 26.2 Å². The third kappa shape index (κ3) is 6.68. The van der Waals surface area contributed by atoms with E-state index >= 15 is 0 Å². The summed E-state index contributed by atoms with van der Waals surface area (Å²) in [6.07, 6.45) is 1.63. The zero-order valence-corrected chi connectivity index (χ0v) is 21.1. The maximum atomic E-state index is 13.4. The fourth-order valence-corrected chi connectivity index (χ4v) is 4.76. The lowest BCUT2D eigenvalue weighted by Gasteiger charge is -2.35. The van der Waals surface area contributed by atoms with Crippen LogP contribution in [0.15, 0.2) is 30.5 Å². The number of amides is 1. The Bertz CT molecular complexity index is 1080. The summed E-state index contributed by atoms with van der Waals surface area (Å²) in [5, 5.41) is 4.44. The highest BCUT2D eigenvalue weighted by Crippen LogP contribution is 2.35. The number of rotatable bonds is 7. The minimum absolute atomic E-state index is 0.0823. The summed E-state index contributed by atoms with van der Waals surface area (Å²) in [6.45, 7) is 1.82. The third-order valence-electron chi connectivity index (χ3n) is 6.98. The molecule has 1 aromatic carbocycles. The van der Waals surface area contributed by atoms with Crippen LogP contribution in [0.5, 0.6) is 5.75 Å². The van der Waals surface area contributed by atoms with Gasteiger partial charge in [-0.2, -0.15) is 13.2 Å².